The first-order valence-corrected chi connectivity index (χ1v) is 7.04. The summed E-state index contributed by atoms with van der Waals surface area (Å²) in [4.78, 5) is 0. The van der Waals surface area contributed by atoms with Crippen LogP contribution in [-0.2, 0) is 11.2 Å². The molecule has 0 aliphatic carbocycles. The topological polar surface area (TPSA) is 21.3 Å². The van der Waals surface area contributed by atoms with Crippen molar-refractivity contribution in [2.24, 2.45) is 5.41 Å². The fourth-order valence-corrected chi connectivity index (χ4v) is 2.26. The quantitative estimate of drug-likeness (QED) is 0.579. The molecule has 0 spiro atoms. The molecule has 0 aliphatic heterocycles. The molecule has 1 aromatic carbocycles. The summed E-state index contributed by atoms with van der Waals surface area (Å²) >= 11 is 12.3. The Kier molecular flexibility index (Phi) is 6.87. The van der Waals surface area contributed by atoms with Gasteiger partial charge in [0.1, 0.15) is 0 Å². The van der Waals surface area contributed by atoms with Crippen LogP contribution in [0.15, 0.2) is 30.9 Å². The minimum Gasteiger partial charge on any atom is -0.383 e. The highest BCUT2D eigenvalue weighted by Gasteiger charge is 2.22. The summed E-state index contributed by atoms with van der Waals surface area (Å²) in [6.07, 6.45) is 2.76. The molecule has 0 aromatic heterocycles. The molecule has 2 nitrogen and oxygen atoms in total. The Bertz CT molecular complexity index is 423. The average Bonchev–Trinajstić information content (AvgIpc) is 2.40. The summed E-state index contributed by atoms with van der Waals surface area (Å²) in [5.74, 6) is 0. The Morgan fingerprint density at radius 2 is 2.16 bits per heavy atom. The normalized spacial score (nSPS) is 14.1. The Morgan fingerprint density at radius 1 is 1.42 bits per heavy atom. The lowest BCUT2D eigenvalue weighted by Gasteiger charge is -2.27. The molecule has 0 aliphatic rings. The molecular weight excluding hydrogens is 281 g/mol. The molecule has 1 unspecified atom stereocenters. The third-order valence-electron chi connectivity index (χ3n) is 3.13. The van der Waals surface area contributed by atoms with Crippen LogP contribution in [0.2, 0.25) is 10.0 Å². The van der Waals surface area contributed by atoms with Crippen LogP contribution in [-0.4, -0.2) is 26.8 Å². The lowest BCUT2D eigenvalue weighted by Crippen LogP contribution is -2.33. The van der Waals surface area contributed by atoms with Crippen molar-refractivity contribution < 1.29 is 4.74 Å². The van der Waals surface area contributed by atoms with Gasteiger partial charge in [0.05, 0.1) is 16.7 Å². The van der Waals surface area contributed by atoms with Crippen LogP contribution in [0.3, 0.4) is 0 Å². The zero-order valence-electron chi connectivity index (χ0n) is 11.5. The standard InChI is InChI=1S/C15H21Cl2NO/c1-4-15(2,11-18-8-9-19-3)10-12-6-5-7-13(16)14(12)17/h4-7,18H,1,8-11H2,2-3H3. The van der Waals surface area contributed by atoms with E-state index in [9.17, 15) is 0 Å². The first kappa shape index (κ1) is 16.5. The molecule has 1 rings (SSSR count). The van der Waals surface area contributed by atoms with Gasteiger partial charge in [0, 0.05) is 25.6 Å². The van der Waals surface area contributed by atoms with Crippen molar-refractivity contribution in [1.82, 2.24) is 5.32 Å². The molecule has 4 heteroatoms. The third kappa shape index (κ3) is 5.15. The van der Waals surface area contributed by atoms with Crippen LogP contribution in [0.25, 0.3) is 0 Å². The van der Waals surface area contributed by atoms with Crippen LogP contribution in [0.5, 0.6) is 0 Å². The third-order valence-corrected chi connectivity index (χ3v) is 3.99. The van der Waals surface area contributed by atoms with Crippen molar-refractivity contribution >= 4 is 23.2 Å². The second-order valence-electron chi connectivity index (χ2n) is 4.92. The summed E-state index contributed by atoms with van der Waals surface area (Å²) in [6, 6.07) is 5.73. The smallest absolute Gasteiger partial charge is 0.0624 e. The molecule has 0 amide bonds. The molecule has 1 aromatic rings. The molecule has 0 saturated carbocycles. The highest BCUT2D eigenvalue weighted by Crippen LogP contribution is 2.31. The van der Waals surface area contributed by atoms with Gasteiger partial charge < -0.3 is 10.1 Å². The molecule has 106 valence electrons. The van der Waals surface area contributed by atoms with Crippen molar-refractivity contribution in [3.05, 3.63) is 46.5 Å². The number of hydrogen-bond acceptors (Lipinski definition) is 2. The molecule has 0 bridgehead atoms. The lowest BCUT2D eigenvalue weighted by molar-refractivity contribution is 0.196. The van der Waals surface area contributed by atoms with E-state index in [0.29, 0.717) is 16.7 Å². The predicted molar refractivity (Wildman–Crippen MR) is 83.2 cm³/mol. The van der Waals surface area contributed by atoms with E-state index in [2.05, 4.69) is 18.8 Å². The van der Waals surface area contributed by atoms with E-state index in [1.807, 2.05) is 18.2 Å². The summed E-state index contributed by atoms with van der Waals surface area (Å²) in [6.45, 7) is 8.43. The monoisotopic (exact) mass is 301 g/mol. The van der Waals surface area contributed by atoms with Crippen LogP contribution < -0.4 is 5.32 Å². The molecule has 1 N–H and O–H groups in total. The lowest BCUT2D eigenvalue weighted by atomic mass is 9.83. The van der Waals surface area contributed by atoms with Gasteiger partial charge in [-0.15, -0.1) is 6.58 Å². The van der Waals surface area contributed by atoms with E-state index in [-0.39, 0.29) is 5.41 Å². The van der Waals surface area contributed by atoms with E-state index in [1.165, 1.54) is 0 Å². The van der Waals surface area contributed by atoms with Crippen LogP contribution in [0.1, 0.15) is 12.5 Å². The van der Waals surface area contributed by atoms with Gasteiger partial charge in [0.15, 0.2) is 0 Å². The van der Waals surface area contributed by atoms with Gasteiger partial charge in [0.2, 0.25) is 0 Å². The van der Waals surface area contributed by atoms with E-state index in [0.717, 1.165) is 25.1 Å². The van der Waals surface area contributed by atoms with Gasteiger partial charge >= 0.3 is 0 Å². The first-order valence-electron chi connectivity index (χ1n) is 6.28. The Labute approximate surface area is 125 Å². The number of hydrogen-bond donors (Lipinski definition) is 1. The minimum atomic E-state index is -0.0674. The summed E-state index contributed by atoms with van der Waals surface area (Å²) in [5.41, 5.74) is 0.979. The van der Waals surface area contributed by atoms with Crippen molar-refractivity contribution in [3.63, 3.8) is 0 Å². The Hall–Kier alpha value is -0.540. The van der Waals surface area contributed by atoms with Crippen molar-refractivity contribution in [2.45, 2.75) is 13.3 Å². The molecule has 0 radical (unpaired) electrons. The molecule has 1 atom stereocenters. The van der Waals surface area contributed by atoms with Gasteiger partial charge in [-0.3, -0.25) is 0 Å². The fourth-order valence-electron chi connectivity index (χ4n) is 1.88. The molecule has 0 fully saturated rings. The SMILES string of the molecule is C=CC(C)(CNCCOC)Cc1cccc(Cl)c1Cl. The van der Waals surface area contributed by atoms with E-state index < -0.39 is 0 Å². The van der Waals surface area contributed by atoms with Crippen LogP contribution in [0.4, 0.5) is 0 Å². The van der Waals surface area contributed by atoms with E-state index >= 15 is 0 Å². The number of nitrogens with one attached hydrogen (secondary N) is 1. The van der Waals surface area contributed by atoms with Gasteiger partial charge in [-0.05, 0) is 18.1 Å². The van der Waals surface area contributed by atoms with Gasteiger partial charge in [0.25, 0.3) is 0 Å². The number of ether oxygens (including phenoxy) is 1. The summed E-state index contributed by atoms with van der Waals surface area (Å²) in [7, 11) is 1.69. The summed E-state index contributed by atoms with van der Waals surface area (Å²) in [5, 5.41) is 4.59. The van der Waals surface area contributed by atoms with E-state index in [4.69, 9.17) is 27.9 Å². The highest BCUT2D eigenvalue weighted by molar-refractivity contribution is 6.42. The maximum atomic E-state index is 6.23. The zero-order valence-corrected chi connectivity index (χ0v) is 13.0. The molecule has 19 heavy (non-hydrogen) atoms. The number of halogens is 2. The molecule has 0 heterocycles. The minimum absolute atomic E-state index is 0.0674. The first-order chi connectivity index (χ1) is 9.02. The Morgan fingerprint density at radius 3 is 2.79 bits per heavy atom. The maximum Gasteiger partial charge on any atom is 0.0624 e. The predicted octanol–water partition coefficient (Wildman–Crippen LogP) is 3.96. The van der Waals surface area contributed by atoms with Crippen molar-refractivity contribution in [2.75, 3.05) is 26.8 Å². The zero-order chi connectivity index (χ0) is 14.3. The maximum absolute atomic E-state index is 6.23. The van der Waals surface area contributed by atoms with Crippen LogP contribution in [0, 0.1) is 5.41 Å². The van der Waals surface area contributed by atoms with Gasteiger partial charge in [-0.25, -0.2) is 0 Å². The largest absolute Gasteiger partial charge is 0.383 e. The number of methoxy groups -OCH3 is 1. The van der Waals surface area contributed by atoms with Gasteiger partial charge in [-0.1, -0.05) is 48.3 Å². The molecular formula is C15H21Cl2NO. The van der Waals surface area contributed by atoms with Crippen molar-refractivity contribution in [3.8, 4) is 0 Å². The highest BCUT2D eigenvalue weighted by atomic mass is 35.5. The number of benzene rings is 1. The molecule has 0 saturated heterocycles. The summed E-state index contributed by atoms with van der Waals surface area (Å²) < 4.78 is 5.02. The second kappa shape index (κ2) is 7.91. The number of rotatable bonds is 8. The average molecular weight is 302 g/mol. The Balaban J connectivity index is 2.69. The second-order valence-corrected chi connectivity index (χ2v) is 5.70. The fraction of sp³-hybridized carbons (Fsp3) is 0.467. The van der Waals surface area contributed by atoms with Crippen molar-refractivity contribution in [1.29, 1.82) is 0 Å². The van der Waals surface area contributed by atoms with Crippen LogP contribution >= 0.6 is 23.2 Å². The van der Waals surface area contributed by atoms with Gasteiger partial charge in [-0.2, -0.15) is 0 Å². The van der Waals surface area contributed by atoms with E-state index in [1.54, 1.807) is 13.2 Å².